The minimum atomic E-state index is -0.0432. The van der Waals surface area contributed by atoms with E-state index in [1.165, 1.54) is 0 Å². The third-order valence-electron chi connectivity index (χ3n) is 6.12. The number of hydrogen-bond donors (Lipinski definition) is 1. The normalized spacial score (nSPS) is 17.0. The van der Waals surface area contributed by atoms with E-state index in [-0.39, 0.29) is 17.9 Å². The molecule has 1 saturated heterocycles. The van der Waals surface area contributed by atoms with Crippen LogP contribution in [0.3, 0.4) is 0 Å². The zero-order valence-corrected chi connectivity index (χ0v) is 18.5. The summed E-state index contributed by atoms with van der Waals surface area (Å²) in [5.74, 6) is 2.14. The summed E-state index contributed by atoms with van der Waals surface area (Å²) in [5, 5.41) is 7.33. The molecule has 3 aromatic heterocycles. The molecule has 166 valence electrons. The second-order valence-corrected chi connectivity index (χ2v) is 8.98. The van der Waals surface area contributed by atoms with E-state index in [0.29, 0.717) is 30.6 Å². The van der Waals surface area contributed by atoms with Crippen LogP contribution in [0, 0.1) is 0 Å². The molecule has 1 saturated carbocycles. The first-order chi connectivity index (χ1) is 15.6. The van der Waals surface area contributed by atoms with Gasteiger partial charge >= 0.3 is 0 Å². The van der Waals surface area contributed by atoms with Crippen LogP contribution in [-0.4, -0.2) is 50.0 Å². The van der Waals surface area contributed by atoms with Gasteiger partial charge < -0.3 is 14.7 Å². The van der Waals surface area contributed by atoms with E-state index in [1.54, 1.807) is 12.4 Å². The predicted molar refractivity (Wildman–Crippen MR) is 120 cm³/mol. The van der Waals surface area contributed by atoms with Gasteiger partial charge in [-0.15, -0.1) is 0 Å². The van der Waals surface area contributed by atoms with Gasteiger partial charge in [0.05, 0.1) is 5.69 Å². The number of piperidine rings is 1. The Kier molecular flexibility index (Phi) is 5.59. The molecule has 8 heteroatoms. The lowest BCUT2D eigenvalue weighted by Crippen LogP contribution is -2.38. The molecule has 0 bridgehead atoms. The van der Waals surface area contributed by atoms with Crippen molar-refractivity contribution >= 4 is 11.9 Å². The predicted octanol–water partition coefficient (Wildman–Crippen LogP) is 4.24. The molecular weight excluding hydrogens is 404 g/mol. The number of aromatic nitrogens is 4. The van der Waals surface area contributed by atoms with Crippen LogP contribution < -0.4 is 5.32 Å². The molecule has 0 spiro atoms. The van der Waals surface area contributed by atoms with Crippen LogP contribution in [0.15, 0.2) is 41.3 Å². The molecule has 8 nitrogen and oxygen atoms in total. The minimum Gasteiger partial charge on any atom is -0.360 e. The van der Waals surface area contributed by atoms with Gasteiger partial charge in [-0.3, -0.25) is 9.78 Å². The summed E-state index contributed by atoms with van der Waals surface area (Å²) in [6.45, 7) is 5.48. The Morgan fingerprint density at radius 1 is 1.12 bits per heavy atom. The molecule has 3 aromatic rings. The molecule has 5 rings (SSSR count). The van der Waals surface area contributed by atoms with Crippen molar-refractivity contribution < 1.29 is 9.32 Å². The molecule has 2 aliphatic rings. The van der Waals surface area contributed by atoms with E-state index in [9.17, 15) is 4.79 Å². The fourth-order valence-electron chi connectivity index (χ4n) is 4.26. The number of carbonyl (C=O) groups is 1. The third kappa shape index (κ3) is 4.35. The maximum absolute atomic E-state index is 12.9. The lowest BCUT2D eigenvalue weighted by atomic mass is 9.89. The number of hydrogen-bond acceptors (Lipinski definition) is 7. The van der Waals surface area contributed by atoms with Crippen LogP contribution in [0.5, 0.6) is 0 Å². The number of nitrogens with zero attached hydrogens (tertiary/aromatic N) is 5. The number of rotatable bonds is 6. The molecule has 1 N–H and O–H groups in total. The SMILES string of the molecule is CC(C)Nc1ncc(-c2ccncc2)c(C2CCN(C(=O)c3cc(C4CC4)on3)CC2)n1. The maximum Gasteiger partial charge on any atom is 0.276 e. The molecule has 0 aromatic carbocycles. The smallest absolute Gasteiger partial charge is 0.276 e. The van der Waals surface area contributed by atoms with Crippen molar-refractivity contribution in [2.45, 2.75) is 57.4 Å². The molecule has 4 heterocycles. The lowest BCUT2D eigenvalue weighted by molar-refractivity contribution is 0.0701. The highest BCUT2D eigenvalue weighted by Crippen LogP contribution is 2.40. The van der Waals surface area contributed by atoms with Crippen LogP contribution in [0.4, 0.5) is 5.95 Å². The zero-order chi connectivity index (χ0) is 22.1. The molecule has 2 fully saturated rings. The van der Waals surface area contributed by atoms with Crippen molar-refractivity contribution in [1.82, 2.24) is 25.0 Å². The van der Waals surface area contributed by atoms with Crippen molar-refractivity contribution in [1.29, 1.82) is 0 Å². The van der Waals surface area contributed by atoms with E-state index in [2.05, 4.69) is 34.3 Å². The fourth-order valence-corrected chi connectivity index (χ4v) is 4.26. The van der Waals surface area contributed by atoms with Gasteiger partial charge in [-0.25, -0.2) is 9.97 Å². The monoisotopic (exact) mass is 432 g/mol. The van der Waals surface area contributed by atoms with Crippen molar-refractivity contribution in [3.05, 3.63) is 53.9 Å². The summed E-state index contributed by atoms with van der Waals surface area (Å²) in [7, 11) is 0. The Morgan fingerprint density at radius 3 is 2.56 bits per heavy atom. The number of amides is 1. The van der Waals surface area contributed by atoms with Gasteiger partial charge in [-0.1, -0.05) is 5.16 Å². The topological polar surface area (TPSA) is 97.0 Å². The van der Waals surface area contributed by atoms with Crippen molar-refractivity contribution in [2.24, 2.45) is 0 Å². The van der Waals surface area contributed by atoms with E-state index in [0.717, 1.165) is 48.3 Å². The van der Waals surface area contributed by atoms with Crippen molar-refractivity contribution in [3.8, 4) is 11.1 Å². The second kappa shape index (κ2) is 8.68. The van der Waals surface area contributed by atoms with E-state index in [1.807, 2.05) is 29.3 Å². The van der Waals surface area contributed by atoms with Crippen LogP contribution in [0.1, 0.15) is 73.3 Å². The van der Waals surface area contributed by atoms with E-state index < -0.39 is 0 Å². The molecule has 0 atom stereocenters. The Bertz CT molecular complexity index is 1080. The summed E-state index contributed by atoms with van der Waals surface area (Å²) >= 11 is 0. The first-order valence-corrected chi connectivity index (χ1v) is 11.4. The molecule has 1 amide bonds. The summed E-state index contributed by atoms with van der Waals surface area (Å²) in [4.78, 5) is 28.4. The largest absolute Gasteiger partial charge is 0.360 e. The maximum atomic E-state index is 12.9. The van der Waals surface area contributed by atoms with Crippen LogP contribution in [0.2, 0.25) is 0 Å². The fraction of sp³-hybridized carbons (Fsp3) is 0.458. The van der Waals surface area contributed by atoms with Gasteiger partial charge in [0, 0.05) is 61.2 Å². The highest BCUT2D eigenvalue weighted by molar-refractivity contribution is 5.92. The van der Waals surface area contributed by atoms with Gasteiger partial charge in [-0.2, -0.15) is 0 Å². The van der Waals surface area contributed by atoms with Gasteiger partial charge in [-0.05, 0) is 57.2 Å². The Hall–Kier alpha value is -3.29. The molecule has 0 unspecified atom stereocenters. The minimum absolute atomic E-state index is 0.0432. The van der Waals surface area contributed by atoms with Crippen molar-refractivity contribution in [2.75, 3.05) is 18.4 Å². The summed E-state index contributed by atoms with van der Waals surface area (Å²) in [6.07, 6.45) is 9.41. The summed E-state index contributed by atoms with van der Waals surface area (Å²) in [6, 6.07) is 6.04. The molecule has 1 aliphatic carbocycles. The number of carbonyl (C=O) groups excluding carboxylic acids is 1. The first kappa shape index (κ1) is 20.6. The number of pyridine rings is 1. The summed E-state index contributed by atoms with van der Waals surface area (Å²) < 4.78 is 5.37. The van der Waals surface area contributed by atoms with Gasteiger partial charge in [0.2, 0.25) is 5.95 Å². The molecular formula is C24H28N6O2. The Balaban J connectivity index is 1.34. The summed E-state index contributed by atoms with van der Waals surface area (Å²) in [5.41, 5.74) is 3.53. The zero-order valence-electron chi connectivity index (χ0n) is 18.5. The van der Waals surface area contributed by atoms with Crippen LogP contribution in [-0.2, 0) is 0 Å². The highest BCUT2D eigenvalue weighted by atomic mass is 16.5. The average Bonchev–Trinajstić information content (AvgIpc) is 3.55. The number of anilines is 1. The third-order valence-corrected chi connectivity index (χ3v) is 6.12. The number of likely N-dealkylation sites (tertiary alicyclic amines) is 1. The first-order valence-electron chi connectivity index (χ1n) is 11.4. The Labute approximate surface area is 187 Å². The van der Waals surface area contributed by atoms with Crippen molar-refractivity contribution in [3.63, 3.8) is 0 Å². The standard InChI is InChI=1S/C24H28N6O2/c1-15(2)27-24-26-14-19(16-5-9-25-10-6-16)22(28-24)18-7-11-30(12-8-18)23(31)20-13-21(32-29-20)17-3-4-17/h5-6,9-10,13-15,17-18H,3-4,7-8,11-12H2,1-2H3,(H,26,27,28). The quantitative estimate of drug-likeness (QED) is 0.622. The molecule has 1 aliphatic heterocycles. The molecule has 32 heavy (non-hydrogen) atoms. The van der Waals surface area contributed by atoms with Gasteiger partial charge in [0.15, 0.2) is 5.69 Å². The van der Waals surface area contributed by atoms with Crippen LogP contribution in [0.25, 0.3) is 11.1 Å². The van der Waals surface area contributed by atoms with Gasteiger partial charge in [0.25, 0.3) is 5.91 Å². The Morgan fingerprint density at radius 2 is 1.88 bits per heavy atom. The second-order valence-electron chi connectivity index (χ2n) is 8.98. The highest BCUT2D eigenvalue weighted by Gasteiger charge is 2.32. The molecule has 0 radical (unpaired) electrons. The van der Waals surface area contributed by atoms with Crippen LogP contribution >= 0.6 is 0 Å². The van der Waals surface area contributed by atoms with Gasteiger partial charge in [0.1, 0.15) is 5.76 Å². The number of nitrogens with one attached hydrogen (secondary N) is 1. The lowest BCUT2D eigenvalue weighted by Gasteiger charge is -2.32. The average molecular weight is 433 g/mol. The van der Waals surface area contributed by atoms with E-state index in [4.69, 9.17) is 9.51 Å². The van der Waals surface area contributed by atoms with E-state index >= 15 is 0 Å².